The fourth-order valence-corrected chi connectivity index (χ4v) is 1.32. The van der Waals surface area contributed by atoms with Gasteiger partial charge in [0.25, 0.3) is 5.88 Å². The first-order valence-electron chi connectivity index (χ1n) is 4.89. The summed E-state index contributed by atoms with van der Waals surface area (Å²) in [5, 5.41) is 30.2. The maximum Gasteiger partial charge on any atom is 0.284 e. The van der Waals surface area contributed by atoms with Gasteiger partial charge in [0.05, 0.1) is 0 Å². The Kier molecular flexibility index (Phi) is 3.13. The summed E-state index contributed by atoms with van der Waals surface area (Å²) in [5.74, 6) is -1.04. The molecular formula is C9H8BFN4O3. The van der Waals surface area contributed by atoms with E-state index in [-0.39, 0.29) is 17.3 Å². The molecule has 1 aromatic heterocycles. The van der Waals surface area contributed by atoms with E-state index >= 15 is 0 Å². The molecule has 0 radical (unpaired) electrons. The van der Waals surface area contributed by atoms with Gasteiger partial charge >= 0.3 is 0 Å². The molecule has 7 nitrogen and oxygen atoms in total. The normalized spacial score (nSPS) is 11.5. The van der Waals surface area contributed by atoms with Gasteiger partial charge in [-0.05, 0) is 28.5 Å². The van der Waals surface area contributed by atoms with E-state index in [4.69, 9.17) is 5.21 Å². The molecule has 0 spiro atoms. The first-order chi connectivity index (χ1) is 8.61. The largest absolute Gasteiger partial charge is 0.489 e. The van der Waals surface area contributed by atoms with Gasteiger partial charge in [-0.15, -0.1) is 0 Å². The molecule has 92 valence electrons. The van der Waals surface area contributed by atoms with E-state index in [1.54, 1.807) is 7.85 Å². The highest BCUT2D eigenvalue weighted by Crippen LogP contribution is 2.14. The van der Waals surface area contributed by atoms with Crippen LogP contribution in [0.4, 0.5) is 10.1 Å². The van der Waals surface area contributed by atoms with Crippen LogP contribution in [0.2, 0.25) is 0 Å². The summed E-state index contributed by atoms with van der Waals surface area (Å²) < 4.78 is 17.3. The average Bonchev–Trinajstić information content (AvgIpc) is 2.77. The molecule has 0 amide bonds. The second-order valence-corrected chi connectivity index (χ2v) is 3.47. The molecule has 3 N–H and O–H groups in total. The number of nitrogens with one attached hydrogen (secondary N) is 1. The maximum atomic E-state index is 13.1. The van der Waals surface area contributed by atoms with E-state index in [9.17, 15) is 9.50 Å². The first kappa shape index (κ1) is 11.9. The average molecular weight is 250 g/mol. The van der Waals surface area contributed by atoms with Crippen LogP contribution >= 0.6 is 0 Å². The fraction of sp³-hybridized carbons (Fsp3) is 0. The number of oxime groups is 1. The summed E-state index contributed by atoms with van der Waals surface area (Å²) in [7, 11) is 1.59. The monoisotopic (exact) mass is 250 g/mol. The van der Waals surface area contributed by atoms with Gasteiger partial charge in [0.2, 0.25) is 11.5 Å². The Balaban J connectivity index is 2.27. The number of nitrogens with zero attached hydrogens (tertiary/aromatic N) is 3. The van der Waals surface area contributed by atoms with Crippen LogP contribution in [-0.4, -0.2) is 34.3 Å². The number of hydrogen-bond donors (Lipinski definition) is 3. The Morgan fingerprint density at radius 2 is 2.22 bits per heavy atom. The van der Waals surface area contributed by atoms with Crippen molar-refractivity contribution in [2.75, 3.05) is 5.32 Å². The minimum atomic E-state index is -0.519. The van der Waals surface area contributed by atoms with Crippen molar-refractivity contribution < 1.29 is 19.3 Å². The van der Waals surface area contributed by atoms with Crippen LogP contribution in [0, 0.1) is 5.82 Å². The van der Waals surface area contributed by atoms with Crippen molar-refractivity contribution in [3.63, 3.8) is 0 Å². The van der Waals surface area contributed by atoms with Gasteiger partial charge in [-0.2, -0.15) is 0 Å². The zero-order chi connectivity index (χ0) is 13.1. The molecule has 0 bridgehead atoms. The third-order valence-corrected chi connectivity index (χ3v) is 2.22. The van der Waals surface area contributed by atoms with Gasteiger partial charge in [-0.25, -0.2) is 9.02 Å². The number of anilines is 1. The van der Waals surface area contributed by atoms with E-state index in [0.717, 1.165) is 0 Å². The summed E-state index contributed by atoms with van der Waals surface area (Å²) in [5.41, 5.74) is 0.725. The summed E-state index contributed by atoms with van der Waals surface area (Å²) in [6, 6.07) is 4.21. The molecule has 0 unspecified atom stereocenters. The lowest BCUT2D eigenvalue weighted by molar-refractivity contribution is 0.286. The topological polar surface area (TPSA) is 104 Å². The Hall–Kier alpha value is -2.58. The van der Waals surface area contributed by atoms with Gasteiger partial charge in [0.15, 0.2) is 0 Å². The number of halogens is 1. The van der Waals surface area contributed by atoms with Crippen LogP contribution < -0.4 is 10.8 Å². The Morgan fingerprint density at radius 3 is 2.78 bits per heavy atom. The lowest BCUT2D eigenvalue weighted by Gasteiger charge is -2.06. The molecule has 0 saturated carbocycles. The van der Waals surface area contributed by atoms with Gasteiger partial charge in [0.1, 0.15) is 13.7 Å². The predicted molar refractivity (Wildman–Crippen MR) is 62.5 cm³/mol. The third kappa shape index (κ3) is 2.24. The summed E-state index contributed by atoms with van der Waals surface area (Å²) >= 11 is 0. The zero-order valence-corrected chi connectivity index (χ0v) is 9.25. The molecule has 0 aliphatic heterocycles. The van der Waals surface area contributed by atoms with E-state index in [2.05, 4.69) is 25.4 Å². The molecule has 0 saturated heterocycles. The zero-order valence-electron chi connectivity index (χ0n) is 9.25. The highest BCUT2D eigenvalue weighted by Gasteiger charge is 2.16. The Morgan fingerprint density at radius 1 is 1.44 bits per heavy atom. The van der Waals surface area contributed by atoms with Gasteiger partial charge in [-0.1, -0.05) is 10.6 Å². The minimum absolute atomic E-state index is 0.153. The molecule has 0 aliphatic carbocycles. The highest BCUT2D eigenvalue weighted by atomic mass is 19.1. The lowest BCUT2D eigenvalue weighted by atomic mass is 9.95. The molecule has 2 rings (SSSR count). The predicted octanol–water partition coefficient (Wildman–Crippen LogP) is -0.579. The second kappa shape index (κ2) is 4.74. The number of hydrogen-bond acceptors (Lipinski definition) is 6. The van der Waals surface area contributed by atoms with Crippen molar-refractivity contribution in [2.24, 2.45) is 5.16 Å². The molecule has 0 fully saturated rings. The van der Waals surface area contributed by atoms with Crippen LogP contribution in [0.15, 0.2) is 28.0 Å². The Bertz CT molecular complexity index is 601. The molecule has 2 aromatic rings. The van der Waals surface area contributed by atoms with Crippen molar-refractivity contribution in [3.05, 3.63) is 29.7 Å². The first-order valence-corrected chi connectivity index (χ1v) is 4.89. The van der Waals surface area contributed by atoms with Crippen LogP contribution in [-0.2, 0) is 0 Å². The van der Waals surface area contributed by atoms with Crippen LogP contribution in [0.3, 0.4) is 0 Å². The molecule has 18 heavy (non-hydrogen) atoms. The van der Waals surface area contributed by atoms with Crippen molar-refractivity contribution >= 4 is 24.8 Å². The number of amidine groups is 1. The molecule has 0 atom stereocenters. The van der Waals surface area contributed by atoms with E-state index in [1.807, 2.05) is 0 Å². The number of rotatable bonds is 2. The molecular weight excluding hydrogens is 242 g/mol. The SMILES string of the molecule is Bc1cc(N/C(=N\O)c2nonc2O)ccc1F. The number of benzene rings is 1. The highest BCUT2D eigenvalue weighted by molar-refractivity contribution is 6.32. The quantitative estimate of drug-likeness (QED) is 0.216. The van der Waals surface area contributed by atoms with Crippen LogP contribution in [0.25, 0.3) is 0 Å². The smallest absolute Gasteiger partial charge is 0.284 e. The van der Waals surface area contributed by atoms with E-state index in [1.165, 1.54) is 18.2 Å². The molecule has 1 aromatic carbocycles. The number of aromatic hydroxyl groups is 1. The fourth-order valence-electron chi connectivity index (χ4n) is 1.32. The van der Waals surface area contributed by atoms with Crippen LogP contribution in [0.1, 0.15) is 5.69 Å². The van der Waals surface area contributed by atoms with Gasteiger partial charge < -0.3 is 15.6 Å². The second-order valence-electron chi connectivity index (χ2n) is 3.47. The standard InChI is InChI=1S/C9H8BFN4O3/c10-5-3-4(1-2-6(5)11)12-8(13-17)7-9(16)15-18-14-7/h1-3,17H,10H2,(H,12,13)(H,15,16). The number of aromatic nitrogens is 2. The lowest BCUT2D eigenvalue weighted by Crippen LogP contribution is -2.17. The Labute approximate surface area is 101 Å². The van der Waals surface area contributed by atoms with Crippen molar-refractivity contribution in [1.82, 2.24) is 10.3 Å². The summed E-state index contributed by atoms with van der Waals surface area (Å²) in [6.07, 6.45) is 0. The third-order valence-electron chi connectivity index (χ3n) is 2.22. The van der Waals surface area contributed by atoms with Gasteiger partial charge in [-0.3, -0.25) is 0 Å². The van der Waals surface area contributed by atoms with Crippen molar-refractivity contribution in [1.29, 1.82) is 0 Å². The van der Waals surface area contributed by atoms with Crippen LogP contribution in [0.5, 0.6) is 5.88 Å². The van der Waals surface area contributed by atoms with Gasteiger partial charge in [0, 0.05) is 5.69 Å². The summed E-state index contributed by atoms with van der Waals surface area (Å²) in [4.78, 5) is 0. The van der Waals surface area contributed by atoms with Crippen molar-refractivity contribution in [3.8, 4) is 5.88 Å². The molecule has 0 aliphatic rings. The molecule has 1 heterocycles. The molecule has 9 heteroatoms. The van der Waals surface area contributed by atoms with E-state index < -0.39 is 5.88 Å². The minimum Gasteiger partial charge on any atom is -0.489 e. The van der Waals surface area contributed by atoms with Crippen molar-refractivity contribution in [2.45, 2.75) is 0 Å². The van der Waals surface area contributed by atoms with E-state index in [0.29, 0.717) is 11.2 Å². The maximum absolute atomic E-state index is 13.1. The summed E-state index contributed by atoms with van der Waals surface area (Å²) in [6.45, 7) is 0.